The molecule has 2 unspecified atom stereocenters. The summed E-state index contributed by atoms with van der Waals surface area (Å²) in [6.07, 6.45) is 5.84. The van der Waals surface area contributed by atoms with E-state index in [1.165, 1.54) is 16.3 Å². The summed E-state index contributed by atoms with van der Waals surface area (Å²) in [5.74, 6) is 0.693. The molecule has 0 spiro atoms. The van der Waals surface area contributed by atoms with Gasteiger partial charge in [0.25, 0.3) is 0 Å². The van der Waals surface area contributed by atoms with E-state index in [4.69, 9.17) is 4.74 Å². The number of hydrogen-bond acceptors (Lipinski definition) is 4. The second kappa shape index (κ2) is 6.47. The molecule has 0 amide bonds. The van der Waals surface area contributed by atoms with Gasteiger partial charge in [-0.2, -0.15) is 0 Å². The molecule has 2 heterocycles. The monoisotopic (exact) mass is 254 g/mol. The van der Waals surface area contributed by atoms with Crippen molar-refractivity contribution in [3.63, 3.8) is 0 Å². The first kappa shape index (κ1) is 13.0. The van der Waals surface area contributed by atoms with Crippen molar-refractivity contribution in [3.05, 3.63) is 16.1 Å². The van der Waals surface area contributed by atoms with Crippen LogP contribution in [0.1, 0.15) is 36.6 Å². The molecular formula is C13H22N2OS. The molecule has 2 rings (SSSR count). The van der Waals surface area contributed by atoms with Crippen LogP contribution in [0.2, 0.25) is 0 Å². The van der Waals surface area contributed by atoms with Gasteiger partial charge < -0.3 is 10.1 Å². The van der Waals surface area contributed by atoms with Crippen molar-refractivity contribution in [1.29, 1.82) is 0 Å². The van der Waals surface area contributed by atoms with Gasteiger partial charge in [0, 0.05) is 30.8 Å². The van der Waals surface area contributed by atoms with Crippen molar-refractivity contribution < 1.29 is 4.74 Å². The average molecular weight is 254 g/mol. The highest BCUT2D eigenvalue weighted by molar-refractivity contribution is 7.11. The lowest BCUT2D eigenvalue weighted by Crippen LogP contribution is -2.27. The minimum absolute atomic E-state index is 0.468. The van der Waals surface area contributed by atoms with Crippen molar-refractivity contribution in [2.75, 3.05) is 13.2 Å². The van der Waals surface area contributed by atoms with Crippen LogP contribution in [0.15, 0.2) is 6.20 Å². The van der Waals surface area contributed by atoms with Crippen molar-refractivity contribution in [3.8, 4) is 0 Å². The maximum atomic E-state index is 5.69. The van der Waals surface area contributed by atoms with Gasteiger partial charge in [-0.25, -0.2) is 4.98 Å². The summed E-state index contributed by atoms with van der Waals surface area (Å²) in [5.41, 5.74) is 0. The van der Waals surface area contributed by atoms with E-state index in [0.29, 0.717) is 12.0 Å². The minimum atomic E-state index is 0.468. The summed E-state index contributed by atoms with van der Waals surface area (Å²) in [4.78, 5) is 5.71. The molecule has 17 heavy (non-hydrogen) atoms. The molecule has 2 atom stereocenters. The first-order chi connectivity index (χ1) is 8.33. The molecule has 1 fully saturated rings. The van der Waals surface area contributed by atoms with Crippen LogP contribution in [-0.4, -0.2) is 24.2 Å². The molecule has 1 N–H and O–H groups in total. The fourth-order valence-corrected chi connectivity index (χ4v) is 3.18. The summed E-state index contributed by atoms with van der Waals surface area (Å²) >= 11 is 1.82. The van der Waals surface area contributed by atoms with Gasteiger partial charge in [0.1, 0.15) is 0 Å². The lowest BCUT2D eigenvalue weighted by Gasteiger charge is -2.16. The zero-order valence-corrected chi connectivity index (χ0v) is 11.6. The highest BCUT2D eigenvalue weighted by Crippen LogP contribution is 2.22. The number of nitrogens with one attached hydrogen (secondary N) is 1. The molecule has 1 aromatic heterocycles. The fraction of sp³-hybridized carbons (Fsp3) is 0.769. The van der Waals surface area contributed by atoms with E-state index >= 15 is 0 Å². The molecule has 1 aromatic rings. The predicted octanol–water partition coefficient (Wildman–Crippen LogP) is 2.61. The second-order valence-corrected chi connectivity index (χ2v) is 5.77. The van der Waals surface area contributed by atoms with Crippen LogP contribution in [0.25, 0.3) is 0 Å². The van der Waals surface area contributed by atoms with Crippen LogP contribution < -0.4 is 5.32 Å². The quantitative estimate of drug-likeness (QED) is 0.847. The van der Waals surface area contributed by atoms with E-state index in [1.807, 2.05) is 17.5 Å². The van der Waals surface area contributed by atoms with E-state index in [2.05, 4.69) is 24.1 Å². The number of rotatable bonds is 6. The maximum Gasteiger partial charge on any atom is 0.0925 e. The predicted molar refractivity (Wildman–Crippen MR) is 71.3 cm³/mol. The average Bonchev–Trinajstić information content (AvgIpc) is 2.97. The molecule has 0 saturated carbocycles. The smallest absolute Gasteiger partial charge is 0.0925 e. The first-order valence-electron chi connectivity index (χ1n) is 6.59. The molecule has 3 nitrogen and oxygen atoms in total. The molecule has 0 aromatic carbocycles. The number of ether oxygens (including phenoxy) is 1. The molecule has 0 bridgehead atoms. The topological polar surface area (TPSA) is 34.2 Å². The van der Waals surface area contributed by atoms with Crippen molar-refractivity contribution >= 4 is 11.3 Å². The Morgan fingerprint density at radius 3 is 3.12 bits per heavy atom. The lowest BCUT2D eigenvalue weighted by atomic mass is 10.00. The van der Waals surface area contributed by atoms with E-state index in [1.54, 1.807) is 0 Å². The van der Waals surface area contributed by atoms with Crippen LogP contribution in [0.5, 0.6) is 0 Å². The van der Waals surface area contributed by atoms with Crippen LogP contribution in [-0.2, 0) is 17.7 Å². The summed E-state index contributed by atoms with van der Waals surface area (Å²) in [6, 6.07) is 0. The minimum Gasteiger partial charge on any atom is -0.378 e. The normalized spacial score (nSPS) is 24.4. The Hall–Kier alpha value is -0.450. The van der Waals surface area contributed by atoms with Gasteiger partial charge in [-0.15, -0.1) is 11.3 Å². The molecule has 0 radical (unpaired) electrons. The number of hydrogen-bond donors (Lipinski definition) is 1. The van der Waals surface area contributed by atoms with Gasteiger partial charge in [0.05, 0.1) is 11.1 Å². The van der Waals surface area contributed by atoms with Crippen molar-refractivity contribution in [1.82, 2.24) is 10.3 Å². The van der Waals surface area contributed by atoms with Crippen LogP contribution in [0, 0.1) is 5.92 Å². The van der Waals surface area contributed by atoms with Crippen molar-refractivity contribution in [2.45, 2.75) is 45.8 Å². The zero-order chi connectivity index (χ0) is 12.1. The first-order valence-corrected chi connectivity index (χ1v) is 7.41. The van der Waals surface area contributed by atoms with Crippen molar-refractivity contribution in [2.24, 2.45) is 5.92 Å². The molecule has 1 aliphatic heterocycles. The molecular weight excluding hydrogens is 232 g/mol. The van der Waals surface area contributed by atoms with Gasteiger partial charge in [-0.1, -0.05) is 13.8 Å². The Bertz CT molecular complexity index is 340. The molecule has 0 aliphatic carbocycles. The number of aromatic nitrogens is 1. The Morgan fingerprint density at radius 2 is 2.41 bits per heavy atom. The molecule has 4 heteroatoms. The highest BCUT2D eigenvalue weighted by Gasteiger charge is 2.25. The Labute approximate surface area is 108 Å². The third kappa shape index (κ3) is 3.50. The highest BCUT2D eigenvalue weighted by atomic mass is 32.1. The second-order valence-electron chi connectivity index (χ2n) is 4.57. The van der Waals surface area contributed by atoms with Gasteiger partial charge in [0.2, 0.25) is 0 Å². The fourth-order valence-electron chi connectivity index (χ4n) is 2.35. The number of aryl methyl sites for hydroxylation is 1. The van der Waals surface area contributed by atoms with Crippen LogP contribution >= 0.6 is 11.3 Å². The summed E-state index contributed by atoms with van der Waals surface area (Å²) in [6.45, 7) is 7.31. The van der Waals surface area contributed by atoms with Gasteiger partial charge in [-0.05, 0) is 25.2 Å². The Balaban J connectivity index is 1.72. The third-order valence-electron chi connectivity index (χ3n) is 3.36. The van der Waals surface area contributed by atoms with E-state index in [9.17, 15) is 0 Å². The largest absolute Gasteiger partial charge is 0.378 e. The Morgan fingerprint density at radius 1 is 1.53 bits per heavy atom. The third-order valence-corrected chi connectivity index (χ3v) is 4.50. The number of nitrogens with zero attached hydrogens (tertiary/aromatic N) is 1. The number of thiazole rings is 1. The van der Waals surface area contributed by atoms with Crippen LogP contribution in [0.3, 0.4) is 0 Å². The molecule has 1 aliphatic rings. The van der Waals surface area contributed by atoms with Gasteiger partial charge in [0.15, 0.2) is 0 Å². The lowest BCUT2D eigenvalue weighted by molar-refractivity contribution is 0.0872. The summed E-state index contributed by atoms with van der Waals surface area (Å²) in [7, 11) is 0. The van der Waals surface area contributed by atoms with Gasteiger partial charge >= 0.3 is 0 Å². The SMILES string of the molecule is CCc1ncc(CNCC2CCOC2CC)s1. The maximum absolute atomic E-state index is 5.69. The zero-order valence-electron chi connectivity index (χ0n) is 10.7. The Kier molecular flexibility index (Phi) is 4.95. The summed E-state index contributed by atoms with van der Waals surface area (Å²) in [5, 5.41) is 4.77. The van der Waals surface area contributed by atoms with Crippen LogP contribution in [0.4, 0.5) is 0 Å². The summed E-state index contributed by atoms with van der Waals surface area (Å²) < 4.78 is 5.69. The van der Waals surface area contributed by atoms with E-state index in [-0.39, 0.29) is 0 Å². The molecule has 1 saturated heterocycles. The van der Waals surface area contributed by atoms with E-state index < -0.39 is 0 Å². The van der Waals surface area contributed by atoms with Gasteiger partial charge in [-0.3, -0.25) is 0 Å². The standard InChI is InChI=1S/C13H22N2OS/c1-3-12-10(5-6-16-12)7-14-8-11-9-15-13(4-2)17-11/h9-10,12,14H,3-8H2,1-2H3. The van der Waals surface area contributed by atoms with E-state index in [0.717, 1.165) is 32.5 Å². The molecule has 96 valence electrons.